The van der Waals surface area contributed by atoms with Gasteiger partial charge in [-0.15, -0.1) is 0 Å². The minimum absolute atomic E-state index is 0.0669. The van der Waals surface area contributed by atoms with E-state index in [4.69, 9.17) is 14.2 Å². The summed E-state index contributed by atoms with van der Waals surface area (Å²) in [4.78, 5) is 37.5. The van der Waals surface area contributed by atoms with Gasteiger partial charge >= 0.3 is 17.9 Å². The first-order chi connectivity index (χ1) is 23.2. The van der Waals surface area contributed by atoms with Gasteiger partial charge in [0.15, 0.2) is 6.10 Å². The first-order valence-electron chi connectivity index (χ1n) is 20.7. The summed E-state index contributed by atoms with van der Waals surface area (Å²) in [6.45, 7) is 11.2. The minimum atomic E-state index is -0.760. The van der Waals surface area contributed by atoms with Crippen LogP contribution >= 0.6 is 0 Å². The predicted molar refractivity (Wildman–Crippen MR) is 201 cm³/mol. The van der Waals surface area contributed by atoms with Gasteiger partial charge in [0, 0.05) is 19.3 Å². The quantitative estimate of drug-likeness (QED) is 0.0372. The van der Waals surface area contributed by atoms with Gasteiger partial charge in [0.25, 0.3) is 0 Å². The molecule has 0 aromatic rings. The zero-order valence-electron chi connectivity index (χ0n) is 32.6. The summed E-state index contributed by atoms with van der Waals surface area (Å²) >= 11 is 0. The van der Waals surface area contributed by atoms with Crippen LogP contribution in [0.4, 0.5) is 0 Å². The topological polar surface area (TPSA) is 78.9 Å². The number of hydrogen-bond acceptors (Lipinski definition) is 6. The maximum absolute atomic E-state index is 12.6. The molecule has 0 aliphatic heterocycles. The first kappa shape index (κ1) is 46.4. The van der Waals surface area contributed by atoms with E-state index in [1.807, 2.05) is 0 Å². The van der Waals surface area contributed by atoms with Crippen molar-refractivity contribution in [2.75, 3.05) is 13.2 Å². The maximum Gasteiger partial charge on any atom is 0.306 e. The van der Waals surface area contributed by atoms with E-state index < -0.39 is 6.10 Å². The van der Waals surface area contributed by atoms with Crippen molar-refractivity contribution in [1.29, 1.82) is 0 Å². The summed E-state index contributed by atoms with van der Waals surface area (Å²) in [6.07, 6.45) is 31.1. The average Bonchev–Trinajstić information content (AvgIpc) is 3.05. The standard InChI is InChI=1S/C42H80O6/c1-6-7-8-9-10-11-12-13-16-22-27-32-40(43)46-35-39(48-42(45)34-29-24-19-18-21-26-31-38(4)5)36-47-41(44)33-28-23-17-14-15-20-25-30-37(2)3/h37-39H,6-36H2,1-5H3/t39-/m0/s1. The number of unbranched alkanes of at least 4 members (excludes halogenated alkanes) is 21. The normalized spacial score (nSPS) is 12.1. The highest BCUT2D eigenvalue weighted by Gasteiger charge is 2.19. The van der Waals surface area contributed by atoms with Gasteiger partial charge in [0.05, 0.1) is 0 Å². The summed E-state index contributed by atoms with van der Waals surface area (Å²) in [5.74, 6) is 0.669. The Kier molecular flexibility index (Phi) is 34.1. The molecule has 1 atom stereocenters. The van der Waals surface area contributed by atoms with Crippen LogP contribution in [0.15, 0.2) is 0 Å². The highest BCUT2D eigenvalue weighted by Crippen LogP contribution is 2.15. The highest BCUT2D eigenvalue weighted by atomic mass is 16.6. The molecule has 0 radical (unpaired) electrons. The monoisotopic (exact) mass is 681 g/mol. The third-order valence-corrected chi connectivity index (χ3v) is 9.22. The molecule has 0 bridgehead atoms. The molecule has 0 aliphatic carbocycles. The number of carbonyl (C=O) groups excluding carboxylic acids is 3. The minimum Gasteiger partial charge on any atom is -0.462 e. The van der Waals surface area contributed by atoms with Crippen LogP contribution in [0, 0.1) is 11.8 Å². The predicted octanol–water partition coefficient (Wildman–Crippen LogP) is 12.6. The van der Waals surface area contributed by atoms with Crippen LogP contribution < -0.4 is 0 Å². The van der Waals surface area contributed by atoms with Crippen LogP contribution in [0.3, 0.4) is 0 Å². The Labute approximate surface area is 298 Å². The SMILES string of the molecule is CCCCCCCCCCCCCC(=O)OC[C@@H](COC(=O)CCCCCCCCCC(C)C)OC(=O)CCCCCCCCC(C)C. The van der Waals surface area contributed by atoms with Crippen molar-refractivity contribution >= 4 is 17.9 Å². The first-order valence-corrected chi connectivity index (χ1v) is 20.7. The lowest BCUT2D eigenvalue weighted by Crippen LogP contribution is -2.30. The third kappa shape index (κ3) is 35.7. The van der Waals surface area contributed by atoms with E-state index in [0.29, 0.717) is 19.3 Å². The van der Waals surface area contributed by atoms with Gasteiger partial charge in [-0.1, -0.05) is 182 Å². The number of esters is 3. The van der Waals surface area contributed by atoms with Gasteiger partial charge < -0.3 is 14.2 Å². The molecule has 6 nitrogen and oxygen atoms in total. The van der Waals surface area contributed by atoms with Crippen molar-refractivity contribution in [3.63, 3.8) is 0 Å². The molecule has 6 heteroatoms. The van der Waals surface area contributed by atoms with Crippen LogP contribution in [0.1, 0.15) is 221 Å². The van der Waals surface area contributed by atoms with E-state index in [1.54, 1.807) is 0 Å². The fourth-order valence-corrected chi connectivity index (χ4v) is 6.05. The molecule has 0 amide bonds. The van der Waals surface area contributed by atoms with Crippen LogP contribution in [0.5, 0.6) is 0 Å². The Morgan fingerprint density at radius 1 is 0.396 bits per heavy atom. The molecule has 0 aromatic carbocycles. The van der Waals surface area contributed by atoms with Gasteiger partial charge in [-0.3, -0.25) is 14.4 Å². The van der Waals surface area contributed by atoms with E-state index in [0.717, 1.165) is 69.6 Å². The van der Waals surface area contributed by atoms with Crippen LogP contribution in [0.25, 0.3) is 0 Å². The number of ether oxygens (including phenoxy) is 3. The summed E-state index contributed by atoms with van der Waals surface area (Å²) in [5.41, 5.74) is 0. The van der Waals surface area contributed by atoms with Gasteiger partial charge in [-0.05, 0) is 31.1 Å². The maximum atomic E-state index is 12.6. The molecule has 0 aliphatic rings. The van der Waals surface area contributed by atoms with Crippen LogP contribution in [-0.4, -0.2) is 37.2 Å². The molecular formula is C42H80O6. The Bertz CT molecular complexity index is 734. The van der Waals surface area contributed by atoms with Gasteiger partial charge in [0.1, 0.15) is 13.2 Å². The molecule has 48 heavy (non-hydrogen) atoms. The fraction of sp³-hybridized carbons (Fsp3) is 0.929. The molecule has 0 heterocycles. The molecule has 284 valence electrons. The lowest BCUT2D eigenvalue weighted by Gasteiger charge is -2.18. The molecule has 0 N–H and O–H groups in total. The summed E-state index contributed by atoms with van der Waals surface area (Å²) in [5, 5.41) is 0. The molecule has 0 saturated carbocycles. The molecule has 0 rings (SSSR count). The average molecular weight is 681 g/mol. The van der Waals surface area contributed by atoms with E-state index in [2.05, 4.69) is 34.6 Å². The van der Waals surface area contributed by atoms with E-state index in [1.165, 1.54) is 109 Å². The summed E-state index contributed by atoms with van der Waals surface area (Å²) < 4.78 is 16.6. The molecule has 0 aromatic heterocycles. The second kappa shape index (κ2) is 35.2. The number of hydrogen-bond donors (Lipinski definition) is 0. The number of rotatable bonds is 36. The van der Waals surface area contributed by atoms with Crippen molar-refractivity contribution in [2.45, 2.75) is 227 Å². The Morgan fingerprint density at radius 3 is 1.02 bits per heavy atom. The molecule has 0 fully saturated rings. The van der Waals surface area contributed by atoms with Crippen LogP contribution in [-0.2, 0) is 28.6 Å². The van der Waals surface area contributed by atoms with Crippen molar-refractivity contribution < 1.29 is 28.6 Å². The van der Waals surface area contributed by atoms with Crippen molar-refractivity contribution in [1.82, 2.24) is 0 Å². The van der Waals surface area contributed by atoms with Gasteiger partial charge in [0.2, 0.25) is 0 Å². The van der Waals surface area contributed by atoms with E-state index in [-0.39, 0.29) is 31.1 Å². The number of carbonyl (C=O) groups is 3. The van der Waals surface area contributed by atoms with E-state index >= 15 is 0 Å². The lowest BCUT2D eigenvalue weighted by molar-refractivity contribution is -0.167. The Hall–Kier alpha value is -1.59. The molecular weight excluding hydrogens is 600 g/mol. The second-order valence-electron chi connectivity index (χ2n) is 15.2. The van der Waals surface area contributed by atoms with Crippen molar-refractivity contribution in [3.8, 4) is 0 Å². The summed E-state index contributed by atoms with van der Waals surface area (Å²) in [6, 6.07) is 0. The molecule has 0 spiro atoms. The van der Waals surface area contributed by atoms with Crippen molar-refractivity contribution in [2.24, 2.45) is 11.8 Å². The highest BCUT2D eigenvalue weighted by molar-refractivity contribution is 5.71. The largest absolute Gasteiger partial charge is 0.462 e. The van der Waals surface area contributed by atoms with Crippen LogP contribution in [0.2, 0.25) is 0 Å². The van der Waals surface area contributed by atoms with Gasteiger partial charge in [-0.2, -0.15) is 0 Å². The fourth-order valence-electron chi connectivity index (χ4n) is 6.05. The zero-order valence-corrected chi connectivity index (χ0v) is 32.6. The molecule has 0 saturated heterocycles. The second-order valence-corrected chi connectivity index (χ2v) is 15.2. The zero-order chi connectivity index (χ0) is 35.5. The third-order valence-electron chi connectivity index (χ3n) is 9.22. The van der Waals surface area contributed by atoms with E-state index in [9.17, 15) is 14.4 Å². The Balaban J connectivity index is 4.35. The Morgan fingerprint density at radius 2 is 0.688 bits per heavy atom. The van der Waals surface area contributed by atoms with Crippen molar-refractivity contribution in [3.05, 3.63) is 0 Å². The molecule has 0 unspecified atom stereocenters. The lowest BCUT2D eigenvalue weighted by atomic mass is 10.0. The van der Waals surface area contributed by atoms with Gasteiger partial charge in [-0.25, -0.2) is 0 Å². The smallest absolute Gasteiger partial charge is 0.306 e. The summed E-state index contributed by atoms with van der Waals surface area (Å²) in [7, 11) is 0.